The number of carbonyl (C=O) groups is 2. The Hall–Kier alpha value is -1.88. The minimum absolute atomic E-state index is 0.0803. The quantitative estimate of drug-likeness (QED) is 0.570. The Morgan fingerprint density at radius 2 is 1.83 bits per heavy atom. The van der Waals surface area contributed by atoms with Crippen LogP contribution >= 0.6 is 0 Å². The van der Waals surface area contributed by atoms with E-state index in [4.69, 9.17) is 9.57 Å². The summed E-state index contributed by atoms with van der Waals surface area (Å²) in [6, 6.07) is 6.71. The van der Waals surface area contributed by atoms with Crippen LogP contribution in [0.5, 0.6) is 5.75 Å². The van der Waals surface area contributed by atoms with E-state index in [0.29, 0.717) is 17.7 Å². The Morgan fingerprint density at radius 1 is 1.22 bits per heavy atom. The number of benzene rings is 1. The van der Waals surface area contributed by atoms with Crippen LogP contribution in [0.4, 0.5) is 0 Å². The maximum absolute atomic E-state index is 11.4. The lowest BCUT2D eigenvalue weighted by molar-refractivity contribution is -0.170. The van der Waals surface area contributed by atoms with Crippen LogP contribution in [0.3, 0.4) is 0 Å². The molecule has 0 N–H and O–H groups in total. The molecule has 0 unspecified atom stereocenters. The average Bonchev–Trinajstić information content (AvgIpc) is 2.43. The number of amides is 1. The van der Waals surface area contributed by atoms with Crippen LogP contribution in [-0.2, 0) is 9.63 Å². The van der Waals surface area contributed by atoms with Gasteiger partial charge >= 0.3 is 0 Å². The van der Waals surface area contributed by atoms with Crippen LogP contribution in [-0.4, -0.2) is 37.5 Å². The maximum Gasteiger partial charge on any atom is 0.283 e. The monoisotopic (exact) mass is 251 g/mol. The third-order valence-corrected chi connectivity index (χ3v) is 2.48. The molecule has 1 aromatic rings. The molecule has 0 spiro atoms. The lowest BCUT2D eigenvalue weighted by Crippen LogP contribution is -2.30. The highest BCUT2D eigenvalue weighted by molar-refractivity contribution is 5.95. The molecule has 98 valence electrons. The van der Waals surface area contributed by atoms with E-state index in [1.165, 1.54) is 14.2 Å². The lowest BCUT2D eigenvalue weighted by atomic mass is 10.1. The van der Waals surface area contributed by atoms with Gasteiger partial charge in [0.2, 0.25) is 0 Å². The van der Waals surface area contributed by atoms with Crippen molar-refractivity contribution < 1.29 is 19.2 Å². The number of nitrogens with zero attached hydrogens (tertiary/aromatic N) is 1. The van der Waals surface area contributed by atoms with Gasteiger partial charge in [-0.1, -0.05) is 6.92 Å². The highest BCUT2D eigenvalue weighted by Crippen LogP contribution is 2.13. The standard InChI is InChI=1S/C13H17NO4/c1-4-12(15)10-5-7-11(8-6-10)18-9-13(16)14(2)17-3/h5-8H,4,9H2,1-3H3. The van der Waals surface area contributed by atoms with Crippen LogP contribution in [0.2, 0.25) is 0 Å². The topological polar surface area (TPSA) is 55.8 Å². The number of hydrogen-bond donors (Lipinski definition) is 0. The summed E-state index contributed by atoms with van der Waals surface area (Å²) >= 11 is 0. The first kappa shape index (κ1) is 14.2. The van der Waals surface area contributed by atoms with Gasteiger partial charge in [0.15, 0.2) is 12.4 Å². The molecule has 18 heavy (non-hydrogen) atoms. The zero-order valence-corrected chi connectivity index (χ0v) is 10.8. The maximum atomic E-state index is 11.4. The number of likely N-dealkylation sites (N-methyl/N-ethyl adjacent to an activating group) is 1. The van der Waals surface area contributed by atoms with Crippen LogP contribution in [0.1, 0.15) is 23.7 Å². The van der Waals surface area contributed by atoms with E-state index in [9.17, 15) is 9.59 Å². The van der Waals surface area contributed by atoms with Crippen molar-refractivity contribution in [3.05, 3.63) is 29.8 Å². The molecule has 0 radical (unpaired) electrons. The summed E-state index contributed by atoms with van der Waals surface area (Å²) in [5.74, 6) is 0.337. The Kier molecular flexibility index (Phi) is 5.32. The Labute approximate surface area is 106 Å². The van der Waals surface area contributed by atoms with Gasteiger partial charge < -0.3 is 4.74 Å². The predicted octanol–water partition coefficient (Wildman–Crippen LogP) is 1.68. The van der Waals surface area contributed by atoms with Crippen molar-refractivity contribution in [2.24, 2.45) is 0 Å². The van der Waals surface area contributed by atoms with E-state index < -0.39 is 0 Å². The highest BCUT2D eigenvalue weighted by Gasteiger charge is 2.09. The van der Waals surface area contributed by atoms with E-state index in [1.807, 2.05) is 6.92 Å². The molecular weight excluding hydrogens is 234 g/mol. The molecule has 1 rings (SSSR count). The molecular formula is C13H17NO4. The third kappa shape index (κ3) is 3.85. The number of Topliss-reactive ketones (excluding diaryl/α,β-unsaturated/α-hetero) is 1. The SMILES string of the molecule is CCC(=O)c1ccc(OCC(=O)N(C)OC)cc1. The van der Waals surface area contributed by atoms with Gasteiger partial charge in [-0.2, -0.15) is 0 Å². The molecule has 0 saturated carbocycles. The highest BCUT2D eigenvalue weighted by atomic mass is 16.7. The molecule has 0 bridgehead atoms. The molecule has 0 aliphatic rings. The van der Waals surface area contributed by atoms with E-state index in [2.05, 4.69) is 0 Å². The smallest absolute Gasteiger partial charge is 0.283 e. The minimum atomic E-state index is -0.286. The first-order chi connectivity index (χ1) is 8.58. The van der Waals surface area contributed by atoms with E-state index >= 15 is 0 Å². The summed E-state index contributed by atoms with van der Waals surface area (Å²) in [5.41, 5.74) is 0.644. The molecule has 1 aromatic carbocycles. The molecule has 0 saturated heterocycles. The number of carbonyl (C=O) groups excluding carboxylic acids is 2. The van der Waals surface area contributed by atoms with Crippen molar-refractivity contribution in [1.82, 2.24) is 5.06 Å². The molecule has 5 heteroatoms. The van der Waals surface area contributed by atoms with E-state index in [1.54, 1.807) is 24.3 Å². The number of ether oxygens (including phenoxy) is 1. The van der Waals surface area contributed by atoms with Crippen LogP contribution in [0.25, 0.3) is 0 Å². The molecule has 0 aromatic heterocycles. The van der Waals surface area contributed by atoms with Gasteiger partial charge in [0.05, 0.1) is 7.11 Å². The summed E-state index contributed by atoms with van der Waals surface area (Å²) in [7, 11) is 2.91. The van der Waals surface area contributed by atoms with Crippen molar-refractivity contribution in [2.45, 2.75) is 13.3 Å². The van der Waals surface area contributed by atoms with Crippen molar-refractivity contribution in [3.63, 3.8) is 0 Å². The second-order valence-corrected chi connectivity index (χ2v) is 3.66. The first-order valence-electron chi connectivity index (χ1n) is 5.65. The average molecular weight is 251 g/mol. The van der Waals surface area contributed by atoms with Gasteiger partial charge in [-0.05, 0) is 24.3 Å². The normalized spacial score (nSPS) is 9.94. The zero-order chi connectivity index (χ0) is 13.5. The van der Waals surface area contributed by atoms with Gasteiger partial charge in [-0.15, -0.1) is 0 Å². The number of hydroxylamine groups is 2. The molecule has 0 fully saturated rings. The van der Waals surface area contributed by atoms with Gasteiger partial charge in [-0.3, -0.25) is 14.4 Å². The minimum Gasteiger partial charge on any atom is -0.484 e. The Balaban J connectivity index is 2.54. The van der Waals surface area contributed by atoms with Gasteiger partial charge in [0, 0.05) is 19.0 Å². The fraction of sp³-hybridized carbons (Fsp3) is 0.385. The van der Waals surface area contributed by atoms with Gasteiger partial charge in [-0.25, -0.2) is 5.06 Å². The van der Waals surface area contributed by atoms with Crippen LogP contribution in [0, 0.1) is 0 Å². The summed E-state index contributed by atoms with van der Waals surface area (Å²) in [6.45, 7) is 1.71. The molecule has 1 amide bonds. The van der Waals surface area contributed by atoms with Gasteiger partial charge in [0.25, 0.3) is 5.91 Å². The molecule has 0 aliphatic heterocycles. The van der Waals surface area contributed by atoms with Crippen molar-refractivity contribution in [3.8, 4) is 5.75 Å². The number of rotatable bonds is 6. The molecule has 0 atom stereocenters. The predicted molar refractivity (Wildman–Crippen MR) is 66.3 cm³/mol. The molecule has 0 heterocycles. The number of ketones is 1. The molecule has 5 nitrogen and oxygen atoms in total. The van der Waals surface area contributed by atoms with E-state index in [0.717, 1.165) is 5.06 Å². The van der Waals surface area contributed by atoms with Crippen LogP contribution in [0.15, 0.2) is 24.3 Å². The van der Waals surface area contributed by atoms with Gasteiger partial charge in [0.1, 0.15) is 5.75 Å². The zero-order valence-electron chi connectivity index (χ0n) is 10.8. The first-order valence-corrected chi connectivity index (χ1v) is 5.65. The third-order valence-electron chi connectivity index (χ3n) is 2.48. The summed E-state index contributed by atoms with van der Waals surface area (Å²) < 4.78 is 5.28. The van der Waals surface area contributed by atoms with Crippen LogP contribution < -0.4 is 4.74 Å². The van der Waals surface area contributed by atoms with Crippen molar-refractivity contribution in [2.75, 3.05) is 20.8 Å². The fourth-order valence-corrected chi connectivity index (χ4v) is 1.28. The van der Waals surface area contributed by atoms with Crippen molar-refractivity contribution in [1.29, 1.82) is 0 Å². The molecule has 0 aliphatic carbocycles. The van der Waals surface area contributed by atoms with E-state index in [-0.39, 0.29) is 18.3 Å². The second kappa shape index (κ2) is 6.76. The Bertz CT molecular complexity index is 414. The fourth-order valence-electron chi connectivity index (χ4n) is 1.28. The lowest BCUT2D eigenvalue weighted by Gasteiger charge is -2.14. The van der Waals surface area contributed by atoms with Crippen molar-refractivity contribution >= 4 is 11.7 Å². The summed E-state index contributed by atoms with van der Waals surface area (Å²) in [4.78, 5) is 27.5. The number of hydrogen-bond acceptors (Lipinski definition) is 4. The summed E-state index contributed by atoms with van der Waals surface area (Å²) in [6.07, 6.45) is 0.470. The largest absolute Gasteiger partial charge is 0.484 e. The Morgan fingerprint density at radius 3 is 2.33 bits per heavy atom. The second-order valence-electron chi connectivity index (χ2n) is 3.66. The summed E-state index contributed by atoms with van der Waals surface area (Å²) in [5, 5.41) is 1.09.